The van der Waals surface area contributed by atoms with Gasteiger partial charge in [-0.3, -0.25) is 4.79 Å². The lowest BCUT2D eigenvalue weighted by molar-refractivity contribution is -0.133. The number of hydrogen-bond acceptors (Lipinski definition) is 2. The Hall–Kier alpha value is -0.865. The van der Waals surface area contributed by atoms with E-state index in [9.17, 15) is 4.79 Å². The average molecular weight is 353 g/mol. The molecule has 1 heterocycles. The summed E-state index contributed by atoms with van der Waals surface area (Å²) >= 11 is 12.7. The van der Waals surface area contributed by atoms with Crippen molar-refractivity contribution in [2.45, 2.75) is 51.0 Å². The monoisotopic (exact) mass is 352 g/mol. The summed E-state index contributed by atoms with van der Waals surface area (Å²) in [6, 6.07) is 2.28. The Bertz CT molecular complexity index is 617. The van der Waals surface area contributed by atoms with Crippen molar-refractivity contribution >= 4 is 48.1 Å². The third kappa shape index (κ3) is 3.34. The summed E-state index contributed by atoms with van der Waals surface area (Å²) in [5.74, 6) is 0.247. The number of carbonyl (C=O) groups excluding carboxylic acids is 1. The molecule has 1 aromatic rings. The van der Waals surface area contributed by atoms with Crippen molar-refractivity contribution < 1.29 is 4.79 Å². The third-order valence-electron chi connectivity index (χ3n) is 5.37. The molecular weight excluding hydrogens is 330 g/mol. The first-order valence-electron chi connectivity index (χ1n) is 8.52. The van der Waals surface area contributed by atoms with Crippen LogP contribution in [0, 0.1) is 5.92 Å². The van der Waals surface area contributed by atoms with Crippen LogP contribution in [0.2, 0.25) is 10.0 Å². The van der Waals surface area contributed by atoms with Crippen molar-refractivity contribution in [1.29, 1.82) is 0 Å². The quantitative estimate of drug-likeness (QED) is 0.671. The number of carbonyl (C=O) groups is 1. The lowest BCUT2D eigenvalue weighted by Gasteiger charge is -2.31. The summed E-state index contributed by atoms with van der Waals surface area (Å²) in [6.45, 7) is 0.866. The molecule has 1 aromatic carbocycles. The van der Waals surface area contributed by atoms with Gasteiger partial charge in [0, 0.05) is 29.2 Å². The number of likely N-dealkylation sites (tertiary alicyclic amines) is 1. The summed E-state index contributed by atoms with van der Waals surface area (Å²) in [5, 5.41) is 1.13. The van der Waals surface area contributed by atoms with E-state index in [0.29, 0.717) is 28.2 Å². The molecule has 2 N–H and O–H groups in total. The number of halogens is 2. The van der Waals surface area contributed by atoms with E-state index in [4.69, 9.17) is 28.9 Å². The van der Waals surface area contributed by atoms with Crippen LogP contribution < -0.4 is 11.2 Å². The SMILES string of the molecule is Bc1cc(Cl)c(CC2CCN(C3CCCCC3)C2=O)c(Cl)c1N. The molecule has 1 amide bonds. The van der Waals surface area contributed by atoms with Crippen molar-refractivity contribution in [3.05, 3.63) is 21.7 Å². The van der Waals surface area contributed by atoms with Crippen LogP contribution in [-0.4, -0.2) is 31.2 Å². The number of nitrogens with zero attached hydrogens (tertiary/aromatic N) is 1. The van der Waals surface area contributed by atoms with Crippen LogP contribution in [0.15, 0.2) is 6.07 Å². The summed E-state index contributed by atoms with van der Waals surface area (Å²) in [7, 11) is 1.89. The number of anilines is 1. The molecule has 124 valence electrons. The third-order valence-corrected chi connectivity index (χ3v) is 6.14. The molecule has 3 rings (SSSR count). The molecule has 0 spiro atoms. The Kier molecular flexibility index (Phi) is 5.12. The van der Waals surface area contributed by atoms with E-state index in [0.717, 1.165) is 36.8 Å². The lowest BCUT2D eigenvalue weighted by atomic mass is 9.90. The number of benzene rings is 1. The van der Waals surface area contributed by atoms with E-state index >= 15 is 0 Å². The predicted octanol–water partition coefficient (Wildman–Crippen LogP) is 2.56. The second-order valence-electron chi connectivity index (χ2n) is 6.89. The van der Waals surface area contributed by atoms with Crippen LogP contribution in [0.25, 0.3) is 0 Å². The Morgan fingerprint density at radius 3 is 2.61 bits per heavy atom. The standard InChI is InChI=1S/C17H23BCl2N2O/c18-13-9-14(19)12(15(20)16(13)21)8-10-6-7-22(17(10)23)11-4-2-1-3-5-11/h9-11H,1-8,18,21H2. The number of nitrogens with two attached hydrogens (primary N) is 1. The van der Waals surface area contributed by atoms with E-state index in [2.05, 4.69) is 4.90 Å². The van der Waals surface area contributed by atoms with Gasteiger partial charge in [-0.1, -0.05) is 47.9 Å². The Labute approximate surface area is 148 Å². The van der Waals surface area contributed by atoms with E-state index in [-0.39, 0.29) is 11.8 Å². The summed E-state index contributed by atoms with van der Waals surface area (Å²) in [4.78, 5) is 14.9. The number of nitrogen functional groups attached to an aromatic ring is 1. The topological polar surface area (TPSA) is 46.3 Å². The first kappa shape index (κ1) is 17.0. The van der Waals surface area contributed by atoms with Crippen molar-refractivity contribution in [2.75, 3.05) is 12.3 Å². The predicted molar refractivity (Wildman–Crippen MR) is 99.4 cm³/mol. The van der Waals surface area contributed by atoms with Crippen molar-refractivity contribution in [1.82, 2.24) is 4.90 Å². The Morgan fingerprint density at radius 2 is 1.91 bits per heavy atom. The van der Waals surface area contributed by atoms with Gasteiger partial charge in [-0.05, 0) is 37.3 Å². The second-order valence-corrected chi connectivity index (χ2v) is 7.68. The van der Waals surface area contributed by atoms with Gasteiger partial charge >= 0.3 is 0 Å². The maximum Gasteiger partial charge on any atom is 0.226 e. The van der Waals surface area contributed by atoms with Gasteiger partial charge in [-0.2, -0.15) is 0 Å². The zero-order chi connectivity index (χ0) is 16.6. The molecule has 6 heteroatoms. The van der Waals surface area contributed by atoms with E-state index < -0.39 is 0 Å². The maximum absolute atomic E-state index is 12.8. The van der Waals surface area contributed by atoms with Gasteiger partial charge in [0.15, 0.2) is 0 Å². The molecule has 1 unspecified atom stereocenters. The normalized spacial score (nSPS) is 22.8. The highest BCUT2D eigenvalue weighted by Crippen LogP contribution is 2.35. The van der Waals surface area contributed by atoms with Gasteiger partial charge in [0.05, 0.1) is 5.02 Å². The molecule has 2 aliphatic rings. The summed E-state index contributed by atoms with van der Waals surface area (Å²) in [5.41, 5.74) is 8.29. The number of hydrogen-bond donors (Lipinski definition) is 1. The van der Waals surface area contributed by atoms with Gasteiger partial charge in [0.2, 0.25) is 5.91 Å². The fourth-order valence-corrected chi connectivity index (χ4v) is 4.65. The van der Waals surface area contributed by atoms with Crippen LogP contribution in [0.1, 0.15) is 44.1 Å². The van der Waals surface area contributed by atoms with Crippen LogP contribution in [0.4, 0.5) is 5.69 Å². The van der Waals surface area contributed by atoms with Gasteiger partial charge in [-0.15, -0.1) is 0 Å². The fraction of sp³-hybridized carbons (Fsp3) is 0.588. The minimum Gasteiger partial charge on any atom is -0.398 e. The number of rotatable bonds is 3. The van der Waals surface area contributed by atoms with Crippen LogP contribution in [0.5, 0.6) is 0 Å². The van der Waals surface area contributed by atoms with Crippen LogP contribution >= 0.6 is 23.2 Å². The molecule has 2 fully saturated rings. The van der Waals surface area contributed by atoms with Gasteiger partial charge < -0.3 is 10.6 Å². The zero-order valence-electron chi connectivity index (χ0n) is 13.6. The molecule has 0 aromatic heterocycles. The molecule has 23 heavy (non-hydrogen) atoms. The van der Waals surface area contributed by atoms with Gasteiger partial charge in [0.25, 0.3) is 0 Å². The van der Waals surface area contributed by atoms with Gasteiger partial charge in [0.1, 0.15) is 7.85 Å². The molecule has 1 atom stereocenters. The molecule has 1 saturated carbocycles. The van der Waals surface area contributed by atoms with E-state index in [1.54, 1.807) is 0 Å². The van der Waals surface area contributed by atoms with Crippen molar-refractivity contribution in [3.8, 4) is 0 Å². The highest BCUT2D eigenvalue weighted by atomic mass is 35.5. The highest BCUT2D eigenvalue weighted by Gasteiger charge is 2.36. The first-order valence-corrected chi connectivity index (χ1v) is 9.28. The highest BCUT2D eigenvalue weighted by molar-refractivity contribution is 6.44. The van der Waals surface area contributed by atoms with Crippen LogP contribution in [-0.2, 0) is 11.2 Å². The number of amides is 1. The van der Waals surface area contributed by atoms with E-state index in [1.165, 1.54) is 19.3 Å². The minimum atomic E-state index is -0.0194. The minimum absolute atomic E-state index is 0.0194. The average Bonchev–Trinajstić information content (AvgIpc) is 2.91. The van der Waals surface area contributed by atoms with Crippen molar-refractivity contribution in [3.63, 3.8) is 0 Å². The lowest BCUT2D eigenvalue weighted by Crippen LogP contribution is -2.39. The second kappa shape index (κ2) is 6.94. The fourth-order valence-electron chi connectivity index (χ4n) is 3.94. The molecule has 1 aliphatic carbocycles. The van der Waals surface area contributed by atoms with Gasteiger partial charge in [-0.25, -0.2) is 0 Å². The molecule has 1 aliphatic heterocycles. The molecule has 1 saturated heterocycles. The van der Waals surface area contributed by atoms with Crippen LogP contribution in [0.3, 0.4) is 0 Å². The molecular formula is C17H23BCl2N2O. The largest absolute Gasteiger partial charge is 0.398 e. The first-order chi connectivity index (χ1) is 11.0. The molecule has 0 radical (unpaired) electrons. The molecule has 3 nitrogen and oxygen atoms in total. The maximum atomic E-state index is 12.8. The molecule has 0 bridgehead atoms. The van der Waals surface area contributed by atoms with Crippen molar-refractivity contribution in [2.24, 2.45) is 5.92 Å². The smallest absolute Gasteiger partial charge is 0.226 e. The Balaban J connectivity index is 1.74. The summed E-state index contributed by atoms with van der Waals surface area (Å²) in [6.07, 6.45) is 7.56. The van der Waals surface area contributed by atoms with E-state index in [1.807, 2.05) is 13.9 Å². The summed E-state index contributed by atoms with van der Waals surface area (Å²) < 4.78 is 0. The zero-order valence-corrected chi connectivity index (χ0v) is 15.1. The Morgan fingerprint density at radius 1 is 1.22 bits per heavy atom.